The second-order valence-electron chi connectivity index (χ2n) is 5.49. The first-order chi connectivity index (χ1) is 12.2. The highest BCUT2D eigenvalue weighted by Gasteiger charge is 2.07. The van der Waals surface area contributed by atoms with Crippen LogP contribution in [0.1, 0.15) is 11.1 Å². The van der Waals surface area contributed by atoms with Crippen molar-refractivity contribution in [1.82, 2.24) is 10.6 Å². The molecule has 0 fully saturated rings. The van der Waals surface area contributed by atoms with Crippen molar-refractivity contribution in [3.63, 3.8) is 0 Å². The van der Waals surface area contributed by atoms with Gasteiger partial charge in [0.1, 0.15) is 11.6 Å². The van der Waals surface area contributed by atoms with Gasteiger partial charge in [-0.05, 0) is 36.1 Å². The number of nitriles is 1. The molecule has 2 N–H and O–H groups in total. The predicted molar refractivity (Wildman–Crippen MR) is 103 cm³/mol. The summed E-state index contributed by atoms with van der Waals surface area (Å²) in [5.41, 5.74) is 2.43. The van der Waals surface area contributed by atoms with Gasteiger partial charge in [-0.3, -0.25) is 4.79 Å². The third kappa shape index (κ3) is 6.82. The Morgan fingerprint density at radius 1 is 1.00 bits per heavy atom. The van der Waals surface area contributed by atoms with Crippen LogP contribution in [0.15, 0.2) is 70.8 Å². The lowest BCUT2D eigenvalue weighted by molar-refractivity contribution is -0.117. The lowest BCUT2D eigenvalue weighted by Gasteiger charge is -2.06. The molecule has 1 amide bonds. The first kappa shape index (κ1) is 18.8. The van der Waals surface area contributed by atoms with Crippen LogP contribution in [0.5, 0.6) is 0 Å². The SMILES string of the molecule is N#C/C(=C/NCCc1ccc(Br)cc1)C(=O)NCCc1ccccc1. The molecular formula is C20H20BrN3O. The molecule has 0 heterocycles. The molecule has 2 aromatic rings. The molecule has 0 saturated carbocycles. The Hall–Kier alpha value is -2.58. The van der Waals surface area contributed by atoms with E-state index in [0.29, 0.717) is 13.1 Å². The first-order valence-corrected chi connectivity index (χ1v) is 8.88. The molecule has 4 nitrogen and oxygen atoms in total. The number of hydrogen-bond acceptors (Lipinski definition) is 3. The van der Waals surface area contributed by atoms with Crippen LogP contribution in [0.4, 0.5) is 0 Å². The average molecular weight is 398 g/mol. The van der Waals surface area contributed by atoms with Gasteiger partial charge in [-0.2, -0.15) is 5.26 Å². The number of carbonyl (C=O) groups excluding carboxylic acids is 1. The summed E-state index contributed by atoms with van der Waals surface area (Å²) in [6.07, 6.45) is 3.04. The fourth-order valence-corrected chi connectivity index (χ4v) is 2.52. The summed E-state index contributed by atoms with van der Waals surface area (Å²) in [4.78, 5) is 12.0. The quantitative estimate of drug-likeness (QED) is 0.407. The smallest absolute Gasteiger partial charge is 0.263 e. The van der Waals surface area contributed by atoms with Crippen molar-refractivity contribution in [2.24, 2.45) is 0 Å². The van der Waals surface area contributed by atoms with E-state index in [9.17, 15) is 4.79 Å². The summed E-state index contributed by atoms with van der Waals surface area (Å²) in [6.45, 7) is 1.16. The highest BCUT2D eigenvalue weighted by atomic mass is 79.9. The van der Waals surface area contributed by atoms with Crippen LogP contribution in [-0.4, -0.2) is 19.0 Å². The number of halogens is 1. The molecule has 0 aromatic heterocycles. The third-order valence-corrected chi connectivity index (χ3v) is 4.15. The van der Waals surface area contributed by atoms with Gasteiger partial charge in [0, 0.05) is 23.8 Å². The van der Waals surface area contributed by atoms with E-state index in [1.807, 2.05) is 60.7 Å². The molecule has 0 aliphatic carbocycles. The second-order valence-corrected chi connectivity index (χ2v) is 6.41. The molecule has 0 saturated heterocycles. The predicted octanol–water partition coefficient (Wildman–Crippen LogP) is 3.35. The van der Waals surface area contributed by atoms with E-state index < -0.39 is 0 Å². The van der Waals surface area contributed by atoms with Gasteiger partial charge in [-0.15, -0.1) is 0 Å². The highest BCUT2D eigenvalue weighted by Crippen LogP contribution is 2.10. The van der Waals surface area contributed by atoms with Gasteiger partial charge in [-0.25, -0.2) is 0 Å². The molecule has 5 heteroatoms. The van der Waals surface area contributed by atoms with E-state index in [1.165, 1.54) is 11.8 Å². The lowest BCUT2D eigenvalue weighted by atomic mass is 10.1. The van der Waals surface area contributed by atoms with Crippen LogP contribution in [0.25, 0.3) is 0 Å². The molecule has 2 rings (SSSR count). The minimum absolute atomic E-state index is 0.0869. The van der Waals surface area contributed by atoms with Crippen LogP contribution in [0, 0.1) is 11.3 Å². The summed E-state index contributed by atoms with van der Waals surface area (Å²) in [5, 5.41) is 14.9. The minimum atomic E-state index is -0.352. The molecule has 0 spiro atoms. The standard InChI is InChI=1S/C20H20BrN3O/c21-19-8-6-17(7-9-19)10-12-23-15-18(14-22)20(25)24-13-11-16-4-2-1-3-5-16/h1-9,15,23H,10-13H2,(H,24,25)/b18-15-. The fraction of sp³-hybridized carbons (Fsp3) is 0.200. The summed E-state index contributed by atoms with van der Waals surface area (Å²) >= 11 is 3.40. The van der Waals surface area contributed by atoms with Gasteiger partial charge in [0.2, 0.25) is 0 Å². The van der Waals surface area contributed by atoms with Crippen molar-refractivity contribution in [2.45, 2.75) is 12.8 Å². The zero-order valence-corrected chi connectivity index (χ0v) is 15.4. The van der Waals surface area contributed by atoms with Gasteiger partial charge in [0.05, 0.1) is 0 Å². The number of amides is 1. The van der Waals surface area contributed by atoms with E-state index in [4.69, 9.17) is 5.26 Å². The van der Waals surface area contributed by atoms with Gasteiger partial charge in [0.25, 0.3) is 5.91 Å². The number of nitrogens with one attached hydrogen (secondary N) is 2. The number of benzene rings is 2. The first-order valence-electron chi connectivity index (χ1n) is 8.09. The molecule has 0 aliphatic rings. The number of nitrogens with zero attached hydrogens (tertiary/aromatic N) is 1. The van der Waals surface area contributed by atoms with E-state index in [1.54, 1.807) is 0 Å². The molecule has 0 unspecified atom stereocenters. The second kappa shape index (κ2) is 10.3. The van der Waals surface area contributed by atoms with Crippen LogP contribution in [-0.2, 0) is 17.6 Å². The average Bonchev–Trinajstić information content (AvgIpc) is 2.64. The molecule has 2 aromatic carbocycles. The number of rotatable bonds is 8. The fourth-order valence-electron chi connectivity index (χ4n) is 2.25. The summed E-state index contributed by atoms with van der Waals surface area (Å²) in [7, 11) is 0. The largest absolute Gasteiger partial charge is 0.389 e. The molecule has 0 aliphatic heterocycles. The van der Waals surface area contributed by atoms with Crippen molar-refractivity contribution in [3.05, 3.63) is 82.0 Å². The summed E-state index contributed by atoms with van der Waals surface area (Å²) in [6, 6.07) is 19.9. The van der Waals surface area contributed by atoms with Gasteiger partial charge >= 0.3 is 0 Å². The van der Waals surface area contributed by atoms with Crippen LogP contribution in [0.2, 0.25) is 0 Å². The Balaban J connectivity index is 1.73. The maximum atomic E-state index is 12.0. The molecular weight excluding hydrogens is 378 g/mol. The molecule has 0 radical (unpaired) electrons. The Morgan fingerprint density at radius 2 is 1.64 bits per heavy atom. The number of hydrogen-bond donors (Lipinski definition) is 2. The normalized spacial score (nSPS) is 10.8. The van der Waals surface area contributed by atoms with Gasteiger partial charge < -0.3 is 10.6 Å². The van der Waals surface area contributed by atoms with Gasteiger partial charge in [0.15, 0.2) is 0 Å². The molecule has 0 bridgehead atoms. The molecule has 128 valence electrons. The van der Waals surface area contributed by atoms with Crippen molar-refractivity contribution in [2.75, 3.05) is 13.1 Å². The van der Waals surface area contributed by atoms with Crippen molar-refractivity contribution < 1.29 is 4.79 Å². The van der Waals surface area contributed by atoms with Crippen LogP contribution < -0.4 is 10.6 Å². The number of carbonyl (C=O) groups is 1. The van der Waals surface area contributed by atoms with E-state index in [2.05, 4.69) is 26.6 Å². The van der Waals surface area contributed by atoms with E-state index >= 15 is 0 Å². The van der Waals surface area contributed by atoms with E-state index in [-0.39, 0.29) is 11.5 Å². The molecule has 25 heavy (non-hydrogen) atoms. The van der Waals surface area contributed by atoms with E-state index in [0.717, 1.165) is 22.9 Å². The van der Waals surface area contributed by atoms with Crippen molar-refractivity contribution in [3.8, 4) is 6.07 Å². The van der Waals surface area contributed by atoms with Crippen LogP contribution >= 0.6 is 15.9 Å². The van der Waals surface area contributed by atoms with Crippen LogP contribution in [0.3, 0.4) is 0 Å². The third-order valence-electron chi connectivity index (χ3n) is 3.62. The maximum absolute atomic E-state index is 12.0. The monoisotopic (exact) mass is 397 g/mol. The zero-order valence-electron chi connectivity index (χ0n) is 13.8. The van der Waals surface area contributed by atoms with Crippen molar-refractivity contribution in [1.29, 1.82) is 5.26 Å². The Kier molecular flexibility index (Phi) is 7.74. The minimum Gasteiger partial charge on any atom is -0.389 e. The lowest BCUT2D eigenvalue weighted by Crippen LogP contribution is -2.27. The Bertz CT molecular complexity index is 749. The molecule has 0 atom stereocenters. The van der Waals surface area contributed by atoms with Crippen molar-refractivity contribution >= 4 is 21.8 Å². The Morgan fingerprint density at radius 3 is 2.32 bits per heavy atom. The highest BCUT2D eigenvalue weighted by molar-refractivity contribution is 9.10. The summed E-state index contributed by atoms with van der Waals surface area (Å²) < 4.78 is 1.04. The Labute approximate surface area is 156 Å². The van der Waals surface area contributed by atoms with Gasteiger partial charge in [-0.1, -0.05) is 58.4 Å². The zero-order chi connectivity index (χ0) is 17.9. The summed E-state index contributed by atoms with van der Waals surface area (Å²) in [5.74, 6) is -0.352. The maximum Gasteiger partial charge on any atom is 0.263 e. The topological polar surface area (TPSA) is 64.9 Å².